The van der Waals surface area contributed by atoms with Gasteiger partial charge < -0.3 is 4.90 Å². The first-order valence-electron chi connectivity index (χ1n) is 9.36. The molecule has 5 heteroatoms. The fourth-order valence-corrected chi connectivity index (χ4v) is 4.05. The summed E-state index contributed by atoms with van der Waals surface area (Å²) >= 11 is 6.57. The van der Waals surface area contributed by atoms with Crippen LogP contribution < -0.4 is 4.90 Å². The minimum atomic E-state index is 0.641. The molecule has 2 aliphatic heterocycles. The molecule has 25 heavy (non-hydrogen) atoms. The van der Waals surface area contributed by atoms with Crippen LogP contribution >= 0.6 is 11.6 Å². The van der Waals surface area contributed by atoms with E-state index in [1.54, 1.807) is 0 Å². The first-order valence-corrected chi connectivity index (χ1v) is 9.74. The molecule has 0 spiro atoms. The summed E-state index contributed by atoms with van der Waals surface area (Å²) < 4.78 is 0. The van der Waals surface area contributed by atoms with Crippen LogP contribution in [-0.2, 0) is 19.5 Å². The summed E-state index contributed by atoms with van der Waals surface area (Å²) in [4.78, 5) is 14.3. The van der Waals surface area contributed by atoms with Crippen LogP contribution in [0.3, 0.4) is 0 Å². The van der Waals surface area contributed by atoms with E-state index in [0.717, 1.165) is 56.4 Å². The summed E-state index contributed by atoms with van der Waals surface area (Å²) in [5, 5.41) is 0.641. The van der Waals surface area contributed by atoms with Crippen molar-refractivity contribution in [2.75, 3.05) is 24.5 Å². The second-order valence-electron chi connectivity index (χ2n) is 7.09. The first-order chi connectivity index (χ1) is 12.3. The molecular weight excluding hydrogens is 332 g/mol. The summed E-state index contributed by atoms with van der Waals surface area (Å²) in [5.74, 6) is 0.835. The van der Waals surface area contributed by atoms with Crippen molar-refractivity contribution in [1.82, 2.24) is 14.9 Å². The lowest BCUT2D eigenvalue weighted by atomic mass is 10.1. The van der Waals surface area contributed by atoms with Crippen LogP contribution in [0, 0.1) is 0 Å². The highest BCUT2D eigenvalue weighted by atomic mass is 35.5. The highest BCUT2D eigenvalue weighted by Gasteiger charge is 2.23. The minimum absolute atomic E-state index is 0.641. The highest BCUT2D eigenvalue weighted by Crippen LogP contribution is 2.27. The maximum Gasteiger partial charge on any atom is 0.227 e. The number of rotatable bonds is 3. The summed E-state index contributed by atoms with van der Waals surface area (Å²) in [6.07, 6.45) is 6.02. The van der Waals surface area contributed by atoms with E-state index >= 15 is 0 Å². The molecule has 132 valence electrons. The molecular formula is C20H25ClN4. The topological polar surface area (TPSA) is 32.3 Å². The van der Waals surface area contributed by atoms with Crippen molar-refractivity contribution < 1.29 is 0 Å². The van der Waals surface area contributed by atoms with Crippen LogP contribution in [0.15, 0.2) is 30.3 Å². The third-order valence-corrected chi connectivity index (χ3v) is 5.53. The number of anilines is 1. The van der Waals surface area contributed by atoms with E-state index in [4.69, 9.17) is 16.6 Å². The molecule has 1 saturated heterocycles. The zero-order valence-corrected chi connectivity index (χ0v) is 15.4. The standard InChI is InChI=1S/C20H25ClN4/c21-19-17-15-24(14-16-8-4-3-5-9-16)13-10-18(17)22-20(23-19)25-11-6-1-2-7-12-25/h3-5,8-9H,1-2,6-7,10-15H2. The van der Waals surface area contributed by atoms with Gasteiger partial charge in [-0.2, -0.15) is 0 Å². The van der Waals surface area contributed by atoms with Crippen molar-refractivity contribution in [2.24, 2.45) is 0 Å². The number of hydrogen-bond donors (Lipinski definition) is 0. The van der Waals surface area contributed by atoms with Gasteiger partial charge in [-0.25, -0.2) is 9.97 Å². The van der Waals surface area contributed by atoms with Crippen LogP contribution in [0.1, 0.15) is 42.5 Å². The Kier molecular flexibility index (Phi) is 5.18. The van der Waals surface area contributed by atoms with Crippen LogP contribution in [0.2, 0.25) is 5.15 Å². The Morgan fingerprint density at radius 3 is 2.44 bits per heavy atom. The van der Waals surface area contributed by atoms with Crippen molar-refractivity contribution in [3.05, 3.63) is 52.3 Å². The molecule has 0 unspecified atom stereocenters. The zero-order chi connectivity index (χ0) is 17.1. The number of aromatic nitrogens is 2. The lowest BCUT2D eigenvalue weighted by Gasteiger charge is -2.30. The third kappa shape index (κ3) is 3.96. The Hall–Kier alpha value is -1.65. The van der Waals surface area contributed by atoms with Gasteiger partial charge in [0.05, 0.1) is 5.69 Å². The van der Waals surface area contributed by atoms with Gasteiger partial charge >= 0.3 is 0 Å². The SMILES string of the molecule is Clc1nc(N2CCCCCC2)nc2c1CN(Cc1ccccc1)CC2. The van der Waals surface area contributed by atoms with Gasteiger partial charge in [0.15, 0.2) is 0 Å². The van der Waals surface area contributed by atoms with Crippen molar-refractivity contribution >= 4 is 17.5 Å². The van der Waals surface area contributed by atoms with Crippen LogP contribution in [0.25, 0.3) is 0 Å². The predicted molar refractivity (Wildman–Crippen MR) is 102 cm³/mol. The summed E-state index contributed by atoms with van der Waals surface area (Å²) in [7, 11) is 0. The van der Waals surface area contributed by atoms with Gasteiger partial charge in [-0.05, 0) is 18.4 Å². The minimum Gasteiger partial charge on any atom is -0.341 e. The van der Waals surface area contributed by atoms with E-state index in [0.29, 0.717) is 5.15 Å². The molecule has 1 aromatic heterocycles. The normalized spacial score (nSPS) is 18.7. The lowest BCUT2D eigenvalue weighted by molar-refractivity contribution is 0.243. The Balaban J connectivity index is 1.51. The molecule has 0 saturated carbocycles. The van der Waals surface area contributed by atoms with E-state index in [1.165, 1.54) is 31.2 Å². The van der Waals surface area contributed by atoms with E-state index in [2.05, 4.69) is 45.1 Å². The number of hydrogen-bond acceptors (Lipinski definition) is 4. The highest BCUT2D eigenvalue weighted by molar-refractivity contribution is 6.30. The van der Waals surface area contributed by atoms with E-state index < -0.39 is 0 Å². The largest absolute Gasteiger partial charge is 0.341 e. The fraction of sp³-hybridized carbons (Fsp3) is 0.500. The van der Waals surface area contributed by atoms with Gasteiger partial charge in [-0.1, -0.05) is 54.8 Å². The molecule has 0 amide bonds. The number of halogens is 1. The van der Waals surface area contributed by atoms with E-state index in [1.807, 2.05) is 0 Å². The van der Waals surface area contributed by atoms with E-state index in [-0.39, 0.29) is 0 Å². The van der Waals surface area contributed by atoms with Crippen molar-refractivity contribution in [3.63, 3.8) is 0 Å². The van der Waals surface area contributed by atoms with Crippen molar-refractivity contribution in [2.45, 2.75) is 45.2 Å². The Morgan fingerprint density at radius 1 is 0.920 bits per heavy atom. The molecule has 4 nitrogen and oxygen atoms in total. The molecule has 1 aromatic carbocycles. The zero-order valence-electron chi connectivity index (χ0n) is 14.6. The van der Waals surface area contributed by atoms with Crippen LogP contribution in [-0.4, -0.2) is 34.5 Å². The Bertz CT molecular complexity index is 711. The number of fused-ring (bicyclic) bond motifs is 1. The smallest absolute Gasteiger partial charge is 0.227 e. The summed E-state index contributed by atoms with van der Waals surface area (Å²) in [5.41, 5.74) is 3.59. The van der Waals surface area contributed by atoms with E-state index in [9.17, 15) is 0 Å². The first kappa shape index (κ1) is 16.8. The van der Waals surface area contributed by atoms with Gasteiger partial charge in [0.25, 0.3) is 0 Å². The second kappa shape index (κ2) is 7.71. The number of benzene rings is 1. The molecule has 0 aliphatic carbocycles. The maximum absolute atomic E-state index is 6.57. The molecule has 2 aromatic rings. The van der Waals surface area contributed by atoms with Gasteiger partial charge in [0.1, 0.15) is 5.15 Å². The third-order valence-electron chi connectivity index (χ3n) is 5.21. The molecule has 1 fully saturated rings. The average molecular weight is 357 g/mol. The molecule has 0 N–H and O–H groups in total. The maximum atomic E-state index is 6.57. The number of nitrogens with zero attached hydrogens (tertiary/aromatic N) is 4. The summed E-state index contributed by atoms with van der Waals surface area (Å²) in [6.45, 7) is 4.91. The monoisotopic (exact) mass is 356 g/mol. The predicted octanol–water partition coefficient (Wildman–Crippen LogP) is 4.07. The van der Waals surface area contributed by atoms with Gasteiger partial charge in [0, 0.05) is 44.7 Å². The molecule has 0 bridgehead atoms. The molecule has 2 aliphatic rings. The van der Waals surface area contributed by atoms with Crippen molar-refractivity contribution in [1.29, 1.82) is 0 Å². The second-order valence-corrected chi connectivity index (χ2v) is 7.45. The van der Waals surface area contributed by atoms with Gasteiger partial charge in [0.2, 0.25) is 5.95 Å². The quantitative estimate of drug-likeness (QED) is 0.776. The Morgan fingerprint density at radius 2 is 1.68 bits per heavy atom. The molecule has 3 heterocycles. The molecule has 4 rings (SSSR count). The lowest BCUT2D eigenvalue weighted by Crippen LogP contribution is -2.33. The Labute approximate surface area is 154 Å². The van der Waals surface area contributed by atoms with Crippen molar-refractivity contribution in [3.8, 4) is 0 Å². The van der Waals surface area contributed by atoms with Gasteiger partial charge in [-0.15, -0.1) is 0 Å². The van der Waals surface area contributed by atoms with Gasteiger partial charge in [-0.3, -0.25) is 4.90 Å². The molecule has 0 radical (unpaired) electrons. The fourth-order valence-electron chi connectivity index (χ4n) is 3.81. The van der Waals surface area contributed by atoms with Crippen LogP contribution in [0.5, 0.6) is 0 Å². The molecule has 0 atom stereocenters. The summed E-state index contributed by atoms with van der Waals surface area (Å²) in [6, 6.07) is 10.6. The van der Waals surface area contributed by atoms with Crippen LogP contribution in [0.4, 0.5) is 5.95 Å². The average Bonchev–Trinajstić information content (AvgIpc) is 2.92.